The molecule has 1 N–H and O–H groups in total. The van der Waals surface area contributed by atoms with Gasteiger partial charge in [-0.25, -0.2) is 0 Å². The van der Waals surface area contributed by atoms with Gasteiger partial charge in [-0.1, -0.05) is 29.8 Å². The molecule has 108 valence electrons. The molecule has 3 nitrogen and oxygen atoms in total. The normalized spacial score (nSPS) is 12.6. The lowest BCUT2D eigenvalue weighted by Gasteiger charge is -2.11. The molecule has 0 aliphatic rings. The van der Waals surface area contributed by atoms with Crippen molar-refractivity contribution >= 4 is 0 Å². The van der Waals surface area contributed by atoms with Gasteiger partial charge in [-0.05, 0) is 45.2 Å². The number of aliphatic hydroxyl groups is 1. The highest BCUT2D eigenvalue weighted by atomic mass is 16.3. The molecule has 20 heavy (non-hydrogen) atoms. The molecule has 0 aliphatic heterocycles. The Bertz CT molecular complexity index is 543. The molecule has 1 unspecified atom stereocenters. The molecule has 1 atom stereocenters. The van der Waals surface area contributed by atoms with Crippen molar-refractivity contribution in [3.8, 4) is 0 Å². The highest BCUT2D eigenvalue weighted by molar-refractivity contribution is 5.21. The minimum Gasteiger partial charge on any atom is -0.393 e. The summed E-state index contributed by atoms with van der Waals surface area (Å²) >= 11 is 0. The molecule has 3 heteroatoms. The zero-order valence-corrected chi connectivity index (χ0v) is 12.6. The molecular formula is C17H24N2O. The number of aryl methyl sites for hydroxylation is 4. The van der Waals surface area contributed by atoms with E-state index in [1.165, 1.54) is 11.1 Å². The van der Waals surface area contributed by atoms with Gasteiger partial charge in [-0.3, -0.25) is 4.68 Å². The number of rotatable bonds is 6. The van der Waals surface area contributed by atoms with E-state index in [9.17, 15) is 5.11 Å². The molecule has 0 aliphatic carbocycles. The Hall–Kier alpha value is -1.61. The van der Waals surface area contributed by atoms with E-state index in [2.05, 4.69) is 49.3 Å². The Morgan fingerprint density at radius 2 is 1.90 bits per heavy atom. The number of aliphatic hydroxyl groups excluding tert-OH is 1. The van der Waals surface area contributed by atoms with Gasteiger partial charge in [0.25, 0.3) is 0 Å². The summed E-state index contributed by atoms with van der Waals surface area (Å²) < 4.78 is 1.98. The van der Waals surface area contributed by atoms with E-state index in [0.717, 1.165) is 30.8 Å². The Morgan fingerprint density at radius 1 is 1.20 bits per heavy atom. The minimum atomic E-state index is -0.308. The van der Waals surface area contributed by atoms with E-state index in [1.807, 2.05) is 11.6 Å². The summed E-state index contributed by atoms with van der Waals surface area (Å²) in [4.78, 5) is 0. The number of hydrogen-bond acceptors (Lipinski definition) is 2. The summed E-state index contributed by atoms with van der Waals surface area (Å²) in [5.41, 5.74) is 4.71. The summed E-state index contributed by atoms with van der Waals surface area (Å²) in [7, 11) is 0. The van der Waals surface area contributed by atoms with Crippen molar-refractivity contribution in [2.45, 2.75) is 52.7 Å². The van der Waals surface area contributed by atoms with E-state index in [1.54, 1.807) is 0 Å². The van der Waals surface area contributed by atoms with E-state index >= 15 is 0 Å². The molecule has 0 saturated heterocycles. The SMILES string of the molecule is CCn1nc(C)cc1CC(O)CCc1ccc(C)cc1. The molecule has 0 fully saturated rings. The number of hydrogen-bond donors (Lipinski definition) is 1. The van der Waals surface area contributed by atoms with Crippen LogP contribution in [0.15, 0.2) is 30.3 Å². The Labute approximate surface area is 121 Å². The second-order valence-corrected chi connectivity index (χ2v) is 5.48. The van der Waals surface area contributed by atoms with Gasteiger partial charge in [0.1, 0.15) is 0 Å². The van der Waals surface area contributed by atoms with E-state index in [-0.39, 0.29) is 6.10 Å². The van der Waals surface area contributed by atoms with Crippen LogP contribution in [0.2, 0.25) is 0 Å². The number of aromatic nitrogens is 2. The monoisotopic (exact) mass is 272 g/mol. The lowest BCUT2D eigenvalue weighted by molar-refractivity contribution is 0.162. The van der Waals surface area contributed by atoms with E-state index in [4.69, 9.17) is 0 Å². The molecule has 1 aromatic heterocycles. The Kier molecular flexibility index (Phi) is 4.96. The predicted octanol–water partition coefficient (Wildman–Crippen LogP) is 3.06. The third kappa shape index (κ3) is 3.94. The van der Waals surface area contributed by atoms with Crippen LogP contribution in [0, 0.1) is 13.8 Å². The first kappa shape index (κ1) is 14.8. The molecule has 0 saturated carbocycles. The highest BCUT2D eigenvalue weighted by Gasteiger charge is 2.11. The van der Waals surface area contributed by atoms with Crippen LogP contribution in [0.4, 0.5) is 0 Å². The van der Waals surface area contributed by atoms with Crippen LogP contribution in [0.1, 0.15) is 35.9 Å². The average Bonchev–Trinajstić information content (AvgIpc) is 2.78. The third-order valence-corrected chi connectivity index (χ3v) is 3.62. The van der Waals surface area contributed by atoms with Gasteiger partial charge in [0.05, 0.1) is 11.8 Å². The fourth-order valence-corrected chi connectivity index (χ4v) is 2.47. The van der Waals surface area contributed by atoms with Crippen LogP contribution in [0.3, 0.4) is 0 Å². The zero-order chi connectivity index (χ0) is 14.5. The van der Waals surface area contributed by atoms with Gasteiger partial charge >= 0.3 is 0 Å². The molecule has 0 spiro atoms. The summed E-state index contributed by atoms with van der Waals surface area (Å²) in [6, 6.07) is 10.6. The first-order chi connectivity index (χ1) is 9.58. The van der Waals surface area contributed by atoms with Crippen LogP contribution >= 0.6 is 0 Å². The maximum atomic E-state index is 10.2. The molecule has 0 radical (unpaired) electrons. The second kappa shape index (κ2) is 6.71. The maximum absolute atomic E-state index is 10.2. The lowest BCUT2D eigenvalue weighted by Crippen LogP contribution is -2.15. The molecular weight excluding hydrogens is 248 g/mol. The number of nitrogens with zero attached hydrogens (tertiary/aromatic N) is 2. The van der Waals surface area contributed by atoms with Crippen molar-refractivity contribution in [3.05, 3.63) is 52.8 Å². The van der Waals surface area contributed by atoms with Gasteiger partial charge in [0.15, 0.2) is 0 Å². The summed E-state index contributed by atoms with van der Waals surface area (Å²) in [5.74, 6) is 0. The standard InChI is InChI=1S/C17H24N2O/c1-4-19-16(11-14(3)18-19)12-17(20)10-9-15-7-5-13(2)6-8-15/h5-8,11,17,20H,4,9-10,12H2,1-3H3. The first-order valence-corrected chi connectivity index (χ1v) is 7.35. The first-order valence-electron chi connectivity index (χ1n) is 7.35. The molecule has 1 aromatic carbocycles. The largest absolute Gasteiger partial charge is 0.393 e. The van der Waals surface area contributed by atoms with Crippen LogP contribution in [-0.2, 0) is 19.4 Å². The van der Waals surface area contributed by atoms with Gasteiger partial charge < -0.3 is 5.11 Å². The van der Waals surface area contributed by atoms with Crippen molar-refractivity contribution in [2.24, 2.45) is 0 Å². The quantitative estimate of drug-likeness (QED) is 0.877. The fourth-order valence-electron chi connectivity index (χ4n) is 2.47. The minimum absolute atomic E-state index is 0.308. The maximum Gasteiger partial charge on any atom is 0.0598 e. The van der Waals surface area contributed by atoms with E-state index < -0.39 is 0 Å². The molecule has 2 aromatic rings. The molecule has 0 amide bonds. The lowest BCUT2D eigenvalue weighted by atomic mass is 10.0. The van der Waals surface area contributed by atoms with Crippen LogP contribution in [0.25, 0.3) is 0 Å². The summed E-state index contributed by atoms with van der Waals surface area (Å²) in [5, 5.41) is 14.6. The Balaban J connectivity index is 1.88. The van der Waals surface area contributed by atoms with Crippen molar-refractivity contribution in [1.29, 1.82) is 0 Å². The zero-order valence-electron chi connectivity index (χ0n) is 12.6. The van der Waals surface area contributed by atoms with Crippen molar-refractivity contribution in [1.82, 2.24) is 9.78 Å². The van der Waals surface area contributed by atoms with Gasteiger partial charge in [-0.2, -0.15) is 5.10 Å². The summed E-state index contributed by atoms with van der Waals surface area (Å²) in [6.07, 6.45) is 2.08. The Morgan fingerprint density at radius 3 is 2.55 bits per heavy atom. The molecule has 1 heterocycles. The van der Waals surface area contributed by atoms with Crippen molar-refractivity contribution in [3.63, 3.8) is 0 Å². The third-order valence-electron chi connectivity index (χ3n) is 3.62. The topological polar surface area (TPSA) is 38.0 Å². The number of benzene rings is 1. The summed E-state index contributed by atoms with van der Waals surface area (Å²) in [6.45, 7) is 7.02. The highest BCUT2D eigenvalue weighted by Crippen LogP contribution is 2.12. The average molecular weight is 272 g/mol. The van der Waals surface area contributed by atoms with Crippen LogP contribution in [-0.4, -0.2) is 21.0 Å². The van der Waals surface area contributed by atoms with Crippen LogP contribution in [0.5, 0.6) is 0 Å². The van der Waals surface area contributed by atoms with Gasteiger partial charge in [-0.15, -0.1) is 0 Å². The van der Waals surface area contributed by atoms with Crippen molar-refractivity contribution < 1.29 is 5.11 Å². The van der Waals surface area contributed by atoms with Gasteiger partial charge in [0, 0.05) is 18.7 Å². The predicted molar refractivity (Wildman–Crippen MR) is 81.8 cm³/mol. The molecule has 0 bridgehead atoms. The van der Waals surface area contributed by atoms with Crippen molar-refractivity contribution in [2.75, 3.05) is 0 Å². The second-order valence-electron chi connectivity index (χ2n) is 5.48. The van der Waals surface area contributed by atoms with Gasteiger partial charge in [0.2, 0.25) is 0 Å². The fraction of sp³-hybridized carbons (Fsp3) is 0.471. The van der Waals surface area contributed by atoms with Crippen LogP contribution < -0.4 is 0 Å². The molecule has 2 rings (SSSR count). The smallest absolute Gasteiger partial charge is 0.0598 e. The van der Waals surface area contributed by atoms with E-state index in [0.29, 0.717) is 6.42 Å².